The average molecular weight is 294 g/mol. The van der Waals surface area contributed by atoms with Crippen LogP contribution in [0.2, 0.25) is 0 Å². The Labute approximate surface area is 130 Å². The molecule has 0 aromatic rings. The van der Waals surface area contributed by atoms with Gasteiger partial charge in [0.15, 0.2) is 0 Å². The first-order chi connectivity index (χ1) is 9.99. The van der Waals surface area contributed by atoms with Crippen molar-refractivity contribution >= 4 is 5.91 Å². The van der Waals surface area contributed by atoms with Crippen LogP contribution >= 0.6 is 0 Å². The first-order valence-corrected chi connectivity index (χ1v) is 9.05. The van der Waals surface area contributed by atoms with Crippen molar-refractivity contribution in [2.75, 3.05) is 6.54 Å². The van der Waals surface area contributed by atoms with E-state index in [1.165, 1.54) is 38.5 Å². The molecule has 2 fully saturated rings. The Balaban J connectivity index is 2.01. The topological polar surface area (TPSA) is 46.3 Å². The first-order valence-electron chi connectivity index (χ1n) is 9.05. The average Bonchev–Trinajstić information content (AvgIpc) is 2.97. The molecule has 3 unspecified atom stereocenters. The molecule has 1 amide bonds. The lowest BCUT2D eigenvalue weighted by Gasteiger charge is -2.37. The summed E-state index contributed by atoms with van der Waals surface area (Å²) >= 11 is 0. The van der Waals surface area contributed by atoms with Crippen molar-refractivity contribution in [1.82, 2.24) is 4.90 Å². The summed E-state index contributed by atoms with van der Waals surface area (Å²) in [4.78, 5) is 15.3. The van der Waals surface area contributed by atoms with E-state index in [0.29, 0.717) is 29.8 Å². The number of hydrogen-bond acceptors (Lipinski definition) is 2. The summed E-state index contributed by atoms with van der Waals surface area (Å²) in [6.07, 6.45) is 9.52. The highest BCUT2D eigenvalue weighted by Gasteiger charge is 2.34. The number of nitrogens with two attached hydrogens (primary N) is 1. The molecule has 21 heavy (non-hydrogen) atoms. The largest absolute Gasteiger partial charge is 0.339 e. The van der Waals surface area contributed by atoms with Crippen LogP contribution in [0.25, 0.3) is 0 Å². The minimum Gasteiger partial charge on any atom is -0.339 e. The van der Waals surface area contributed by atoms with Gasteiger partial charge in [-0.1, -0.05) is 40.0 Å². The molecular weight excluding hydrogens is 260 g/mol. The molecule has 122 valence electrons. The maximum Gasteiger partial charge on any atom is 0.225 e. The van der Waals surface area contributed by atoms with E-state index in [1.807, 2.05) is 0 Å². The lowest BCUT2D eigenvalue weighted by molar-refractivity contribution is -0.140. The van der Waals surface area contributed by atoms with Crippen molar-refractivity contribution in [2.45, 2.75) is 84.2 Å². The highest BCUT2D eigenvalue weighted by molar-refractivity contribution is 5.79. The molecule has 0 radical (unpaired) electrons. The Morgan fingerprint density at radius 1 is 1.10 bits per heavy atom. The van der Waals surface area contributed by atoms with Gasteiger partial charge in [0, 0.05) is 24.5 Å². The predicted molar refractivity (Wildman–Crippen MR) is 87.9 cm³/mol. The van der Waals surface area contributed by atoms with Gasteiger partial charge in [0.05, 0.1) is 0 Å². The molecule has 0 spiro atoms. The van der Waals surface area contributed by atoms with E-state index in [0.717, 1.165) is 19.4 Å². The number of amides is 1. The molecule has 3 heteroatoms. The molecule has 2 N–H and O–H groups in total. The number of carbonyl (C=O) groups is 1. The minimum atomic E-state index is 0.149. The molecule has 0 heterocycles. The summed E-state index contributed by atoms with van der Waals surface area (Å²) in [5.41, 5.74) is 6.12. The zero-order valence-electron chi connectivity index (χ0n) is 14.2. The van der Waals surface area contributed by atoms with Crippen molar-refractivity contribution in [1.29, 1.82) is 0 Å². The van der Waals surface area contributed by atoms with E-state index in [1.54, 1.807) is 0 Å². The summed E-state index contributed by atoms with van der Waals surface area (Å²) in [6.45, 7) is 7.51. The van der Waals surface area contributed by atoms with Crippen molar-refractivity contribution < 1.29 is 4.79 Å². The molecule has 0 bridgehead atoms. The van der Waals surface area contributed by atoms with Crippen LogP contribution in [-0.4, -0.2) is 29.4 Å². The maximum atomic E-state index is 13.1. The molecular formula is C18H34N2O. The van der Waals surface area contributed by atoms with Gasteiger partial charge in [-0.25, -0.2) is 0 Å². The van der Waals surface area contributed by atoms with Gasteiger partial charge in [-0.3, -0.25) is 4.79 Å². The summed E-state index contributed by atoms with van der Waals surface area (Å²) in [5, 5.41) is 0. The van der Waals surface area contributed by atoms with E-state index in [4.69, 9.17) is 5.73 Å². The van der Waals surface area contributed by atoms with E-state index >= 15 is 0 Å². The Bertz CT molecular complexity index is 336. The Morgan fingerprint density at radius 3 is 2.33 bits per heavy atom. The second kappa shape index (κ2) is 7.62. The van der Waals surface area contributed by atoms with Crippen LogP contribution in [0, 0.1) is 17.8 Å². The van der Waals surface area contributed by atoms with Crippen LogP contribution in [0.4, 0.5) is 0 Å². The number of hydrogen-bond donors (Lipinski definition) is 1. The van der Waals surface area contributed by atoms with Crippen LogP contribution in [0.5, 0.6) is 0 Å². The molecule has 2 aliphatic carbocycles. The Hall–Kier alpha value is -0.570. The van der Waals surface area contributed by atoms with Gasteiger partial charge >= 0.3 is 0 Å². The van der Waals surface area contributed by atoms with Gasteiger partial charge in [-0.2, -0.15) is 0 Å². The molecule has 3 atom stereocenters. The standard InChI is InChI=1S/C18H34N2O/c1-13(2)12-20(17-9-4-5-10-17)18(21)14(3)15-7-6-8-16(19)11-15/h13-17H,4-12,19H2,1-3H3. The van der Waals surface area contributed by atoms with E-state index in [2.05, 4.69) is 25.7 Å². The molecule has 3 nitrogen and oxygen atoms in total. The molecule has 0 saturated heterocycles. The summed E-state index contributed by atoms with van der Waals surface area (Å²) in [6, 6.07) is 0.809. The summed E-state index contributed by atoms with van der Waals surface area (Å²) < 4.78 is 0. The fourth-order valence-electron chi connectivity index (χ4n) is 4.21. The first kappa shape index (κ1) is 16.8. The Kier molecular flexibility index (Phi) is 6.09. The summed E-state index contributed by atoms with van der Waals surface area (Å²) in [5.74, 6) is 1.60. The second-order valence-electron chi connectivity index (χ2n) is 7.80. The van der Waals surface area contributed by atoms with Gasteiger partial charge < -0.3 is 10.6 Å². The predicted octanol–water partition coefficient (Wildman–Crippen LogP) is 3.57. The quantitative estimate of drug-likeness (QED) is 0.842. The molecule has 2 aliphatic rings. The smallest absolute Gasteiger partial charge is 0.225 e. The van der Waals surface area contributed by atoms with Crippen molar-refractivity contribution in [3.05, 3.63) is 0 Å². The van der Waals surface area contributed by atoms with Gasteiger partial charge in [-0.05, 0) is 43.9 Å². The van der Waals surface area contributed by atoms with E-state index in [9.17, 15) is 4.79 Å². The fraction of sp³-hybridized carbons (Fsp3) is 0.944. The lowest BCUT2D eigenvalue weighted by atomic mass is 9.78. The zero-order chi connectivity index (χ0) is 15.4. The third-order valence-electron chi connectivity index (χ3n) is 5.46. The van der Waals surface area contributed by atoms with Crippen molar-refractivity contribution in [2.24, 2.45) is 23.5 Å². The third-order valence-corrected chi connectivity index (χ3v) is 5.46. The minimum absolute atomic E-state index is 0.149. The van der Waals surface area contributed by atoms with Crippen LogP contribution < -0.4 is 5.73 Å². The second-order valence-corrected chi connectivity index (χ2v) is 7.80. The Morgan fingerprint density at radius 2 is 1.76 bits per heavy atom. The monoisotopic (exact) mass is 294 g/mol. The molecule has 0 aromatic heterocycles. The van der Waals surface area contributed by atoms with Crippen molar-refractivity contribution in [3.8, 4) is 0 Å². The van der Waals surface area contributed by atoms with E-state index in [-0.39, 0.29) is 5.92 Å². The van der Waals surface area contributed by atoms with E-state index < -0.39 is 0 Å². The van der Waals surface area contributed by atoms with Gasteiger partial charge in [0.25, 0.3) is 0 Å². The normalized spacial score (nSPS) is 28.8. The molecule has 0 aromatic carbocycles. The summed E-state index contributed by atoms with van der Waals surface area (Å²) in [7, 11) is 0. The van der Waals surface area contributed by atoms with Crippen molar-refractivity contribution in [3.63, 3.8) is 0 Å². The van der Waals surface area contributed by atoms with Crippen LogP contribution in [0.3, 0.4) is 0 Å². The maximum absolute atomic E-state index is 13.1. The van der Waals surface area contributed by atoms with Crippen LogP contribution in [0.15, 0.2) is 0 Å². The van der Waals surface area contributed by atoms with Crippen LogP contribution in [0.1, 0.15) is 72.1 Å². The molecule has 2 rings (SSSR count). The third kappa shape index (κ3) is 4.45. The van der Waals surface area contributed by atoms with Crippen LogP contribution in [-0.2, 0) is 4.79 Å². The highest BCUT2D eigenvalue weighted by atomic mass is 16.2. The number of rotatable bonds is 5. The lowest BCUT2D eigenvalue weighted by Crippen LogP contribution is -2.46. The molecule has 2 saturated carbocycles. The van der Waals surface area contributed by atoms with Gasteiger partial charge in [0.2, 0.25) is 5.91 Å². The van der Waals surface area contributed by atoms with Gasteiger partial charge in [0.1, 0.15) is 0 Å². The molecule has 0 aliphatic heterocycles. The number of carbonyl (C=O) groups excluding carboxylic acids is 1. The zero-order valence-corrected chi connectivity index (χ0v) is 14.2. The van der Waals surface area contributed by atoms with Gasteiger partial charge in [-0.15, -0.1) is 0 Å². The number of nitrogens with zero attached hydrogens (tertiary/aromatic N) is 1. The highest BCUT2D eigenvalue weighted by Crippen LogP contribution is 2.33. The SMILES string of the molecule is CC(C)CN(C(=O)C(C)C1CCCC(N)C1)C1CCCC1. The fourth-order valence-corrected chi connectivity index (χ4v) is 4.21.